The second kappa shape index (κ2) is 14.2. The number of nitrogens with two attached hydrogens (primary N) is 1. The maximum atomic E-state index is 12.5. The van der Waals surface area contributed by atoms with Gasteiger partial charge in [0.1, 0.15) is 17.2 Å². The molecule has 0 radical (unpaired) electrons. The smallest absolute Gasteiger partial charge is 0.480 e. The number of benzene rings is 1. The van der Waals surface area contributed by atoms with Gasteiger partial charge in [0.15, 0.2) is 11.5 Å². The van der Waals surface area contributed by atoms with Gasteiger partial charge in [-0.2, -0.15) is 0 Å². The van der Waals surface area contributed by atoms with Crippen molar-refractivity contribution >= 4 is 24.2 Å². The standard InChI is InChI=1S/C28H43NO10/c1-10-11-16(2)24(32)35-15-17(3)21(22(29)23(30)31)18-12-13-19(36-25(33)38-27(4,5)6)20(14-18)37-26(34)39-28(7,8)9/h12-14,16-17,21-22H,10-11,15,29H2,1-9H3,(H,30,31)/t16?,17?,21?,22-/m0/s1. The van der Waals surface area contributed by atoms with Crippen LogP contribution in [0.3, 0.4) is 0 Å². The zero-order chi connectivity index (χ0) is 30.1. The molecule has 3 N–H and O–H groups in total. The van der Waals surface area contributed by atoms with Gasteiger partial charge in [0, 0.05) is 5.92 Å². The van der Waals surface area contributed by atoms with Gasteiger partial charge in [-0.1, -0.05) is 33.3 Å². The fourth-order valence-electron chi connectivity index (χ4n) is 3.67. The SMILES string of the molecule is CCCC(C)C(=O)OCC(C)C(c1ccc(OC(=O)OC(C)(C)C)c(OC(=O)OC(C)(C)C)c1)[C@H](N)C(=O)O. The lowest BCUT2D eigenvalue weighted by atomic mass is 9.82. The van der Waals surface area contributed by atoms with Gasteiger partial charge < -0.3 is 34.5 Å². The molecule has 0 aliphatic rings. The molecule has 0 spiro atoms. The maximum absolute atomic E-state index is 12.5. The molecule has 1 aromatic carbocycles. The van der Waals surface area contributed by atoms with Crippen LogP contribution in [0.4, 0.5) is 9.59 Å². The minimum Gasteiger partial charge on any atom is -0.480 e. The molecule has 0 aromatic heterocycles. The van der Waals surface area contributed by atoms with Crippen molar-refractivity contribution in [2.45, 2.75) is 98.3 Å². The van der Waals surface area contributed by atoms with E-state index in [0.29, 0.717) is 12.0 Å². The fraction of sp³-hybridized carbons (Fsp3) is 0.643. The first-order chi connectivity index (χ1) is 17.8. The second-order valence-corrected chi connectivity index (χ2v) is 11.5. The zero-order valence-corrected chi connectivity index (χ0v) is 24.4. The van der Waals surface area contributed by atoms with E-state index >= 15 is 0 Å². The van der Waals surface area contributed by atoms with Crippen molar-refractivity contribution in [1.29, 1.82) is 0 Å². The summed E-state index contributed by atoms with van der Waals surface area (Å²) >= 11 is 0. The molecule has 0 bridgehead atoms. The Hall–Kier alpha value is -3.34. The zero-order valence-electron chi connectivity index (χ0n) is 24.4. The van der Waals surface area contributed by atoms with Crippen LogP contribution < -0.4 is 15.2 Å². The van der Waals surface area contributed by atoms with Gasteiger partial charge in [0.2, 0.25) is 0 Å². The Morgan fingerprint density at radius 1 is 0.897 bits per heavy atom. The average molecular weight is 554 g/mol. The predicted molar refractivity (Wildman–Crippen MR) is 143 cm³/mol. The Balaban J connectivity index is 3.40. The highest BCUT2D eigenvalue weighted by Gasteiger charge is 2.33. The van der Waals surface area contributed by atoms with E-state index in [4.69, 9.17) is 29.4 Å². The molecule has 11 heteroatoms. The van der Waals surface area contributed by atoms with E-state index in [1.54, 1.807) is 55.4 Å². The monoisotopic (exact) mass is 553 g/mol. The number of ether oxygens (including phenoxy) is 5. The Labute approximate surface area is 230 Å². The highest BCUT2D eigenvalue weighted by atomic mass is 16.8. The quantitative estimate of drug-likeness (QED) is 0.204. The summed E-state index contributed by atoms with van der Waals surface area (Å²) in [6, 6.07) is 2.78. The Morgan fingerprint density at radius 3 is 1.87 bits per heavy atom. The molecule has 0 fully saturated rings. The van der Waals surface area contributed by atoms with Gasteiger partial charge in [-0.3, -0.25) is 9.59 Å². The number of carbonyl (C=O) groups is 4. The molecule has 220 valence electrons. The van der Waals surface area contributed by atoms with E-state index < -0.39 is 47.4 Å². The fourth-order valence-corrected chi connectivity index (χ4v) is 3.67. The minimum atomic E-state index is -1.39. The van der Waals surface area contributed by atoms with Crippen LogP contribution >= 0.6 is 0 Å². The minimum absolute atomic E-state index is 0.0864. The van der Waals surface area contributed by atoms with Crippen molar-refractivity contribution in [1.82, 2.24) is 0 Å². The molecule has 0 aliphatic carbocycles. The van der Waals surface area contributed by atoms with Crippen molar-refractivity contribution < 1.29 is 48.0 Å². The second-order valence-electron chi connectivity index (χ2n) is 11.5. The maximum Gasteiger partial charge on any atom is 0.514 e. The molecular weight excluding hydrogens is 510 g/mol. The summed E-state index contributed by atoms with van der Waals surface area (Å²) in [5.74, 6) is -3.74. The van der Waals surface area contributed by atoms with Crippen LogP contribution in [0.1, 0.15) is 86.6 Å². The number of esters is 1. The summed E-state index contributed by atoms with van der Waals surface area (Å²) in [6.45, 7) is 15.3. The van der Waals surface area contributed by atoms with Crippen LogP contribution in [0.15, 0.2) is 18.2 Å². The summed E-state index contributed by atoms with van der Waals surface area (Å²) in [5.41, 5.74) is 4.69. The normalized spacial score (nSPS) is 14.8. The topological polar surface area (TPSA) is 161 Å². The van der Waals surface area contributed by atoms with Crippen LogP contribution in [-0.2, 0) is 23.8 Å². The summed E-state index contributed by atoms with van der Waals surface area (Å²) in [4.78, 5) is 49.0. The lowest BCUT2D eigenvalue weighted by molar-refractivity contribution is -0.149. The van der Waals surface area contributed by atoms with E-state index in [1.807, 2.05) is 6.92 Å². The van der Waals surface area contributed by atoms with Gasteiger partial charge >= 0.3 is 24.2 Å². The molecule has 11 nitrogen and oxygen atoms in total. The van der Waals surface area contributed by atoms with Gasteiger partial charge in [-0.05, 0) is 71.6 Å². The van der Waals surface area contributed by atoms with Crippen LogP contribution in [-0.4, -0.2) is 53.2 Å². The summed E-state index contributed by atoms with van der Waals surface area (Å²) in [5, 5.41) is 9.70. The van der Waals surface area contributed by atoms with Crippen LogP contribution in [0.25, 0.3) is 0 Å². The molecule has 0 aliphatic heterocycles. The molecule has 39 heavy (non-hydrogen) atoms. The van der Waals surface area contributed by atoms with Gasteiger partial charge in [0.05, 0.1) is 12.5 Å². The average Bonchev–Trinajstić information content (AvgIpc) is 2.76. The van der Waals surface area contributed by atoms with Crippen molar-refractivity contribution in [2.24, 2.45) is 17.6 Å². The van der Waals surface area contributed by atoms with E-state index in [9.17, 15) is 24.3 Å². The first kappa shape index (κ1) is 33.7. The molecule has 4 atom stereocenters. The Morgan fingerprint density at radius 2 is 1.41 bits per heavy atom. The van der Waals surface area contributed by atoms with Gasteiger partial charge in [-0.25, -0.2) is 9.59 Å². The first-order valence-electron chi connectivity index (χ1n) is 12.9. The predicted octanol–water partition coefficient (Wildman–Crippen LogP) is 5.43. The van der Waals surface area contributed by atoms with Crippen molar-refractivity contribution in [3.05, 3.63) is 23.8 Å². The number of carbonyl (C=O) groups excluding carboxylic acids is 3. The third-order valence-electron chi connectivity index (χ3n) is 5.42. The molecule has 0 saturated heterocycles. The third kappa shape index (κ3) is 11.9. The van der Waals surface area contributed by atoms with Crippen molar-refractivity contribution in [3.8, 4) is 11.5 Å². The Kier molecular flexibility index (Phi) is 12.2. The number of carboxylic acids is 1. The molecule has 0 amide bonds. The Bertz CT molecular complexity index is 1010. The molecule has 0 heterocycles. The van der Waals surface area contributed by atoms with Crippen molar-refractivity contribution in [3.63, 3.8) is 0 Å². The highest BCUT2D eigenvalue weighted by Crippen LogP contribution is 2.36. The van der Waals surface area contributed by atoms with E-state index in [1.165, 1.54) is 18.2 Å². The highest BCUT2D eigenvalue weighted by molar-refractivity contribution is 5.75. The number of aliphatic carboxylic acids is 1. The third-order valence-corrected chi connectivity index (χ3v) is 5.42. The summed E-state index contributed by atoms with van der Waals surface area (Å²) in [6.07, 6.45) is -0.629. The molecular formula is C28H43NO10. The first-order valence-corrected chi connectivity index (χ1v) is 12.9. The lowest BCUT2D eigenvalue weighted by Gasteiger charge is -2.28. The van der Waals surface area contributed by atoms with Crippen LogP contribution in [0.2, 0.25) is 0 Å². The number of carboxylic acid groups (broad SMARTS) is 1. The van der Waals surface area contributed by atoms with E-state index in [2.05, 4.69) is 0 Å². The molecule has 1 aromatic rings. The van der Waals surface area contributed by atoms with E-state index in [-0.39, 0.29) is 30.0 Å². The van der Waals surface area contributed by atoms with E-state index in [0.717, 1.165) is 6.42 Å². The van der Waals surface area contributed by atoms with Gasteiger partial charge in [0.25, 0.3) is 0 Å². The van der Waals surface area contributed by atoms with Crippen molar-refractivity contribution in [2.75, 3.05) is 6.61 Å². The molecule has 3 unspecified atom stereocenters. The molecule has 1 rings (SSSR count). The number of hydrogen-bond donors (Lipinski definition) is 2. The van der Waals surface area contributed by atoms with Gasteiger partial charge in [-0.15, -0.1) is 0 Å². The van der Waals surface area contributed by atoms with Crippen LogP contribution in [0, 0.1) is 11.8 Å². The molecule has 0 saturated carbocycles. The number of hydrogen-bond acceptors (Lipinski definition) is 10. The summed E-state index contributed by atoms with van der Waals surface area (Å²) in [7, 11) is 0. The van der Waals surface area contributed by atoms with Crippen LogP contribution in [0.5, 0.6) is 11.5 Å². The summed E-state index contributed by atoms with van der Waals surface area (Å²) < 4.78 is 26.5. The largest absolute Gasteiger partial charge is 0.514 e. The lowest BCUT2D eigenvalue weighted by Crippen LogP contribution is -2.41. The number of rotatable bonds is 11.